The van der Waals surface area contributed by atoms with Crippen LogP contribution in [-0.2, 0) is 0 Å². The molecule has 3 N–H and O–H groups in total. The van der Waals surface area contributed by atoms with Gasteiger partial charge in [-0.1, -0.05) is 0 Å². The molecule has 0 fully saturated rings. The molecule has 0 aliphatic rings. The highest BCUT2D eigenvalue weighted by Gasteiger charge is 2.15. The molecule has 0 atom stereocenters. The van der Waals surface area contributed by atoms with Crippen molar-refractivity contribution >= 4 is 17.3 Å². The van der Waals surface area contributed by atoms with Crippen LogP contribution in [0.1, 0.15) is 10.4 Å². The van der Waals surface area contributed by atoms with Crippen molar-refractivity contribution in [2.75, 3.05) is 17.7 Å². The molecule has 2 aromatic rings. The number of nitrogens with zero attached hydrogens (tertiary/aromatic N) is 2. The maximum absolute atomic E-state index is 12.1. The van der Waals surface area contributed by atoms with Crippen LogP contribution in [0.15, 0.2) is 41.6 Å². The second kappa shape index (κ2) is 4.70. The highest BCUT2D eigenvalue weighted by atomic mass is 16.2. The van der Waals surface area contributed by atoms with Crippen molar-refractivity contribution in [1.29, 1.82) is 0 Å². The number of pyridine rings is 2. The van der Waals surface area contributed by atoms with E-state index in [4.69, 9.17) is 5.73 Å². The molecule has 2 aromatic heterocycles. The van der Waals surface area contributed by atoms with Gasteiger partial charge in [-0.3, -0.25) is 14.6 Å². The molecule has 6 heteroatoms. The van der Waals surface area contributed by atoms with E-state index in [1.165, 1.54) is 29.4 Å². The first-order chi connectivity index (χ1) is 8.59. The molecule has 0 bridgehead atoms. The van der Waals surface area contributed by atoms with Crippen molar-refractivity contribution in [3.63, 3.8) is 0 Å². The average molecular weight is 244 g/mol. The van der Waals surface area contributed by atoms with Gasteiger partial charge in [0.05, 0.1) is 17.6 Å². The molecule has 92 valence electrons. The van der Waals surface area contributed by atoms with Gasteiger partial charge in [0.15, 0.2) is 0 Å². The normalized spacial score (nSPS) is 10.1. The topological polar surface area (TPSA) is 92.1 Å². The lowest BCUT2D eigenvalue weighted by Crippen LogP contribution is -2.28. The van der Waals surface area contributed by atoms with Crippen LogP contribution in [0.25, 0.3) is 0 Å². The molecule has 2 rings (SSSR count). The van der Waals surface area contributed by atoms with Gasteiger partial charge in [-0.2, -0.15) is 0 Å². The van der Waals surface area contributed by atoms with Gasteiger partial charge < -0.3 is 15.6 Å². The fraction of sp³-hybridized carbons (Fsp3) is 0.0833. The largest absolute Gasteiger partial charge is 0.396 e. The number of aromatic nitrogens is 2. The van der Waals surface area contributed by atoms with Crippen LogP contribution in [0, 0.1) is 0 Å². The summed E-state index contributed by atoms with van der Waals surface area (Å²) in [5.74, 6) is -0.306. The molecule has 0 aliphatic carbocycles. The standard InChI is InChI=1S/C12H12N4O2/c1-16(10-3-4-14-7-9(10)13)12(18)8-2-5-15-11(17)6-8/h2-7H,13H2,1H3,(H,15,17). The quantitative estimate of drug-likeness (QED) is 0.810. The van der Waals surface area contributed by atoms with Gasteiger partial charge in [0, 0.05) is 31.1 Å². The van der Waals surface area contributed by atoms with Gasteiger partial charge in [0.25, 0.3) is 5.91 Å². The lowest BCUT2D eigenvalue weighted by molar-refractivity contribution is 0.0993. The molecule has 0 unspecified atom stereocenters. The molecule has 0 saturated carbocycles. The zero-order valence-electron chi connectivity index (χ0n) is 9.75. The fourth-order valence-corrected chi connectivity index (χ4v) is 1.59. The monoisotopic (exact) mass is 244 g/mol. The zero-order chi connectivity index (χ0) is 13.1. The molecule has 0 saturated heterocycles. The first-order valence-corrected chi connectivity index (χ1v) is 5.26. The summed E-state index contributed by atoms with van der Waals surface area (Å²) in [7, 11) is 1.59. The predicted octanol–water partition coefficient (Wildman–Crippen LogP) is 0.629. The number of amides is 1. The second-order valence-corrected chi connectivity index (χ2v) is 3.74. The Morgan fingerprint density at radius 3 is 2.89 bits per heavy atom. The Morgan fingerprint density at radius 1 is 1.44 bits per heavy atom. The molecule has 1 amide bonds. The summed E-state index contributed by atoms with van der Waals surface area (Å²) in [4.78, 5) is 31.0. The van der Waals surface area contributed by atoms with Crippen molar-refractivity contribution in [2.24, 2.45) is 0 Å². The molecule has 2 heterocycles. The van der Waals surface area contributed by atoms with Gasteiger partial charge in [-0.15, -0.1) is 0 Å². The second-order valence-electron chi connectivity index (χ2n) is 3.74. The van der Waals surface area contributed by atoms with Crippen LogP contribution in [0.4, 0.5) is 11.4 Å². The summed E-state index contributed by atoms with van der Waals surface area (Å²) in [5.41, 5.74) is 6.68. The summed E-state index contributed by atoms with van der Waals surface area (Å²) in [6.07, 6.45) is 4.45. The van der Waals surface area contributed by atoms with Crippen molar-refractivity contribution in [2.45, 2.75) is 0 Å². The van der Waals surface area contributed by atoms with Crippen LogP contribution < -0.4 is 16.2 Å². The van der Waals surface area contributed by atoms with Crippen LogP contribution in [0.3, 0.4) is 0 Å². The Hall–Kier alpha value is -2.63. The van der Waals surface area contributed by atoms with Gasteiger partial charge >= 0.3 is 0 Å². The summed E-state index contributed by atoms with van der Waals surface area (Å²) < 4.78 is 0. The molecule has 18 heavy (non-hydrogen) atoms. The lowest BCUT2D eigenvalue weighted by atomic mass is 10.2. The van der Waals surface area contributed by atoms with E-state index in [9.17, 15) is 9.59 Å². The average Bonchev–Trinajstić information content (AvgIpc) is 2.37. The predicted molar refractivity (Wildman–Crippen MR) is 68.4 cm³/mol. The van der Waals surface area contributed by atoms with Crippen molar-refractivity contribution in [3.8, 4) is 0 Å². The van der Waals surface area contributed by atoms with Crippen molar-refractivity contribution in [3.05, 3.63) is 52.7 Å². The fourth-order valence-electron chi connectivity index (χ4n) is 1.59. The zero-order valence-corrected chi connectivity index (χ0v) is 9.75. The molecule has 0 aliphatic heterocycles. The molecular formula is C12H12N4O2. The number of aromatic amines is 1. The van der Waals surface area contributed by atoms with Crippen molar-refractivity contribution < 1.29 is 4.79 Å². The third-order valence-electron chi connectivity index (χ3n) is 2.52. The van der Waals surface area contributed by atoms with E-state index in [2.05, 4.69) is 9.97 Å². The summed E-state index contributed by atoms with van der Waals surface area (Å²) in [6.45, 7) is 0. The van der Waals surface area contributed by atoms with E-state index in [-0.39, 0.29) is 11.5 Å². The molecular weight excluding hydrogens is 232 g/mol. The molecule has 0 spiro atoms. The Morgan fingerprint density at radius 2 is 2.22 bits per heavy atom. The molecule has 0 aromatic carbocycles. The highest BCUT2D eigenvalue weighted by Crippen LogP contribution is 2.21. The summed E-state index contributed by atoms with van der Waals surface area (Å²) >= 11 is 0. The van der Waals surface area contributed by atoms with E-state index in [0.29, 0.717) is 16.9 Å². The van der Waals surface area contributed by atoms with Crippen LogP contribution in [-0.4, -0.2) is 22.9 Å². The number of nitrogens with two attached hydrogens (primary N) is 1. The van der Waals surface area contributed by atoms with Gasteiger partial charge in [-0.25, -0.2) is 0 Å². The number of rotatable bonds is 2. The summed E-state index contributed by atoms with van der Waals surface area (Å²) in [6, 6.07) is 4.42. The van der Waals surface area contributed by atoms with E-state index >= 15 is 0 Å². The van der Waals surface area contributed by atoms with E-state index in [0.717, 1.165) is 0 Å². The Kier molecular flexibility index (Phi) is 3.09. The highest BCUT2D eigenvalue weighted by molar-refractivity contribution is 6.06. The van der Waals surface area contributed by atoms with Gasteiger partial charge in [0.1, 0.15) is 0 Å². The first-order valence-electron chi connectivity index (χ1n) is 5.26. The molecule has 6 nitrogen and oxygen atoms in total. The van der Waals surface area contributed by atoms with E-state index in [1.54, 1.807) is 19.3 Å². The van der Waals surface area contributed by atoms with E-state index in [1.807, 2.05) is 0 Å². The third kappa shape index (κ3) is 2.22. The van der Waals surface area contributed by atoms with Crippen LogP contribution in [0.2, 0.25) is 0 Å². The molecule has 0 radical (unpaired) electrons. The summed E-state index contributed by atoms with van der Waals surface area (Å²) in [5, 5.41) is 0. The lowest BCUT2D eigenvalue weighted by Gasteiger charge is -2.18. The van der Waals surface area contributed by atoms with Gasteiger partial charge in [-0.05, 0) is 12.1 Å². The Balaban J connectivity index is 2.35. The maximum atomic E-state index is 12.1. The number of anilines is 2. The number of hydrogen-bond acceptors (Lipinski definition) is 4. The minimum atomic E-state index is -0.322. The number of carbonyl (C=O) groups excluding carboxylic acids is 1. The Bertz CT molecular complexity index is 636. The van der Waals surface area contributed by atoms with Gasteiger partial charge in [0.2, 0.25) is 5.56 Å². The minimum absolute atomic E-state index is 0.303. The SMILES string of the molecule is CN(C(=O)c1cc[nH]c(=O)c1)c1ccncc1N. The number of carbonyl (C=O) groups is 1. The third-order valence-corrected chi connectivity index (χ3v) is 2.52. The smallest absolute Gasteiger partial charge is 0.258 e. The number of H-pyrrole nitrogens is 1. The number of hydrogen-bond donors (Lipinski definition) is 2. The Labute approximate surface area is 103 Å². The van der Waals surface area contributed by atoms with E-state index < -0.39 is 0 Å². The maximum Gasteiger partial charge on any atom is 0.258 e. The van der Waals surface area contributed by atoms with Crippen LogP contribution >= 0.6 is 0 Å². The minimum Gasteiger partial charge on any atom is -0.396 e. The first kappa shape index (κ1) is 11.8. The van der Waals surface area contributed by atoms with Crippen LogP contribution in [0.5, 0.6) is 0 Å². The number of nitrogens with one attached hydrogen (secondary N) is 1. The number of nitrogen functional groups attached to an aromatic ring is 1. The van der Waals surface area contributed by atoms with Crippen molar-refractivity contribution in [1.82, 2.24) is 9.97 Å².